The molecule has 2 N–H and O–H groups in total. The first-order chi connectivity index (χ1) is 16.0. The molecule has 10 heteroatoms. The molecule has 2 aromatic carbocycles. The van der Waals surface area contributed by atoms with Gasteiger partial charge in [-0.3, -0.25) is 9.52 Å². The summed E-state index contributed by atoms with van der Waals surface area (Å²) in [7, 11) is -3.84. The van der Waals surface area contributed by atoms with E-state index >= 15 is 0 Å². The van der Waals surface area contributed by atoms with Crippen LogP contribution in [0.3, 0.4) is 0 Å². The van der Waals surface area contributed by atoms with Gasteiger partial charge >= 0.3 is 0 Å². The van der Waals surface area contributed by atoms with Crippen molar-refractivity contribution in [1.29, 1.82) is 0 Å². The number of amides is 1. The van der Waals surface area contributed by atoms with E-state index < -0.39 is 10.0 Å². The van der Waals surface area contributed by atoms with E-state index in [-0.39, 0.29) is 17.3 Å². The predicted octanol–water partition coefficient (Wildman–Crippen LogP) is 2.98. The second-order valence-corrected chi connectivity index (χ2v) is 8.75. The van der Waals surface area contributed by atoms with Crippen molar-refractivity contribution in [2.24, 2.45) is 0 Å². The molecule has 3 aromatic rings. The van der Waals surface area contributed by atoms with Crippen molar-refractivity contribution in [3.05, 3.63) is 71.9 Å². The van der Waals surface area contributed by atoms with Gasteiger partial charge in [0.15, 0.2) is 11.5 Å². The minimum atomic E-state index is -3.84. The molecule has 0 radical (unpaired) electrons. The summed E-state index contributed by atoms with van der Waals surface area (Å²) >= 11 is 0. The standard InChI is InChI=1S/C23H23N3O6S/c1-2-30-23-17(4-3-11-24-23)15-25-22(27)16-5-7-18(8-6-16)26-33(28,29)19-9-10-20-21(14-19)32-13-12-31-20/h3-11,14,26H,2,12-13,15H2,1H3,(H,25,27). The Morgan fingerprint density at radius 2 is 1.82 bits per heavy atom. The highest BCUT2D eigenvalue weighted by Crippen LogP contribution is 2.32. The van der Waals surface area contributed by atoms with E-state index in [1.165, 1.54) is 24.3 Å². The number of aromatic nitrogens is 1. The van der Waals surface area contributed by atoms with Crippen LogP contribution in [-0.4, -0.2) is 39.1 Å². The summed E-state index contributed by atoms with van der Waals surface area (Å²) < 4.78 is 44.3. The van der Waals surface area contributed by atoms with Gasteiger partial charge in [-0.2, -0.15) is 0 Å². The second kappa shape index (κ2) is 9.78. The quantitative estimate of drug-likeness (QED) is 0.521. The molecule has 1 aromatic heterocycles. The Morgan fingerprint density at radius 1 is 1.06 bits per heavy atom. The van der Waals surface area contributed by atoms with Gasteiger partial charge < -0.3 is 19.5 Å². The fourth-order valence-electron chi connectivity index (χ4n) is 3.20. The Morgan fingerprint density at radius 3 is 2.58 bits per heavy atom. The van der Waals surface area contributed by atoms with E-state index in [0.717, 1.165) is 5.56 Å². The number of hydrogen-bond acceptors (Lipinski definition) is 7. The summed E-state index contributed by atoms with van der Waals surface area (Å²) in [6.07, 6.45) is 1.63. The van der Waals surface area contributed by atoms with E-state index in [4.69, 9.17) is 14.2 Å². The van der Waals surface area contributed by atoms with Gasteiger partial charge in [-0.1, -0.05) is 6.07 Å². The minimum Gasteiger partial charge on any atom is -0.486 e. The zero-order valence-corrected chi connectivity index (χ0v) is 18.7. The van der Waals surface area contributed by atoms with Crippen molar-refractivity contribution >= 4 is 21.6 Å². The molecule has 0 aliphatic carbocycles. The van der Waals surface area contributed by atoms with Gasteiger partial charge in [0.2, 0.25) is 5.88 Å². The second-order valence-electron chi connectivity index (χ2n) is 7.07. The lowest BCUT2D eigenvalue weighted by molar-refractivity contribution is 0.0950. The topological polar surface area (TPSA) is 116 Å². The van der Waals surface area contributed by atoms with Crippen LogP contribution in [0.1, 0.15) is 22.8 Å². The number of anilines is 1. The zero-order valence-electron chi connectivity index (χ0n) is 17.9. The summed E-state index contributed by atoms with van der Waals surface area (Å²) in [5.74, 6) is 1.07. The van der Waals surface area contributed by atoms with Crippen LogP contribution in [-0.2, 0) is 16.6 Å². The predicted molar refractivity (Wildman–Crippen MR) is 121 cm³/mol. The van der Waals surface area contributed by atoms with E-state index in [0.29, 0.717) is 48.5 Å². The smallest absolute Gasteiger partial charge is 0.262 e. The van der Waals surface area contributed by atoms with E-state index in [1.54, 1.807) is 30.5 Å². The summed E-state index contributed by atoms with van der Waals surface area (Å²) in [5, 5.41) is 2.81. The van der Waals surface area contributed by atoms with Crippen LogP contribution in [0.2, 0.25) is 0 Å². The van der Waals surface area contributed by atoms with Crippen LogP contribution in [0.15, 0.2) is 65.7 Å². The molecule has 0 fully saturated rings. The number of rotatable bonds is 8. The highest BCUT2D eigenvalue weighted by atomic mass is 32.2. The monoisotopic (exact) mass is 469 g/mol. The Kier molecular flexibility index (Phi) is 6.64. The Labute approximate surface area is 191 Å². The van der Waals surface area contributed by atoms with Crippen LogP contribution in [0.25, 0.3) is 0 Å². The number of carbonyl (C=O) groups excluding carboxylic acids is 1. The van der Waals surface area contributed by atoms with Crippen LogP contribution in [0.5, 0.6) is 17.4 Å². The minimum absolute atomic E-state index is 0.0511. The normalized spacial score (nSPS) is 12.6. The van der Waals surface area contributed by atoms with Crippen molar-refractivity contribution in [3.63, 3.8) is 0 Å². The summed E-state index contributed by atoms with van der Waals surface area (Å²) in [6, 6.07) is 14.2. The average Bonchev–Trinajstić information content (AvgIpc) is 2.83. The lowest BCUT2D eigenvalue weighted by atomic mass is 10.2. The molecule has 1 amide bonds. The SMILES string of the molecule is CCOc1ncccc1CNC(=O)c1ccc(NS(=O)(=O)c2ccc3c(c2)OCCO3)cc1. The molecule has 172 valence electrons. The number of hydrogen-bond donors (Lipinski definition) is 2. The zero-order chi connectivity index (χ0) is 23.3. The lowest BCUT2D eigenvalue weighted by Gasteiger charge is -2.19. The first-order valence-electron chi connectivity index (χ1n) is 10.3. The van der Waals surface area contributed by atoms with Gasteiger partial charge in [0.25, 0.3) is 15.9 Å². The van der Waals surface area contributed by atoms with Crippen molar-refractivity contribution in [1.82, 2.24) is 10.3 Å². The van der Waals surface area contributed by atoms with Gasteiger partial charge in [-0.15, -0.1) is 0 Å². The summed E-state index contributed by atoms with van der Waals surface area (Å²) in [6.45, 7) is 3.37. The van der Waals surface area contributed by atoms with Gasteiger partial charge in [-0.05, 0) is 49.4 Å². The molecule has 0 bridgehead atoms. The highest BCUT2D eigenvalue weighted by molar-refractivity contribution is 7.92. The van der Waals surface area contributed by atoms with Gasteiger partial charge in [-0.25, -0.2) is 13.4 Å². The summed E-state index contributed by atoms with van der Waals surface area (Å²) in [5.41, 5.74) is 1.47. The molecule has 0 atom stereocenters. The molecule has 1 aliphatic rings. The van der Waals surface area contributed by atoms with Crippen molar-refractivity contribution in [2.45, 2.75) is 18.4 Å². The number of carbonyl (C=O) groups is 1. The maximum atomic E-state index is 12.7. The third-order valence-electron chi connectivity index (χ3n) is 4.79. The summed E-state index contributed by atoms with van der Waals surface area (Å²) in [4.78, 5) is 16.7. The molecule has 33 heavy (non-hydrogen) atoms. The van der Waals surface area contributed by atoms with Crippen LogP contribution in [0, 0.1) is 0 Å². The number of nitrogens with zero attached hydrogens (tertiary/aromatic N) is 1. The molecule has 2 heterocycles. The number of benzene rings is 2. The fraction of sp³-hybridized carbons (Fsp3) is 0.217. The number of nitrogens with one attached hydrogen (secondary N) is 2. The molecule has 1 aliphatic heterocycles. The Balaban J connectivity index is 1.40. The Bertz CT molecular complexity index is 1250. The lowest BCUT2D eigenvalue weighted by Crippen LogP contribution is -2.23. The molecular weight excluding hydrogens is 446 g/mol. The van der Waals surface area contributed by atoms with Crippen molar-refractivity contribution < 1.29 is 27.4 Å². The third-order valence-corrected chi connectivity index (χ3v) is 6.17. The Hall–Kier alpha value is -3.79. The molecule has 0 saturated heterocycles. The van der Waals surface area contributed by atoms with E-state index in [1.807, 2.05) is 13.0 Å². The molecule has 9 nitrogen and oxygen atoms in total. The fourth-order valence-corrected chi connectivity index (χ4v) is 4.27. The number of pyridine rings is 1. The first kappa shape index (κ1) is 22.4. The van der Waals surface area contributed by atoms with Crippen molar-refractivity contribution in [3.8, 4) is 17.4 Å². The van der Waals surface area contributed by atoms with E-state index in [2.05, 4.69) is 15.0 Å². The van der Waals surface area contributed by atoms with E-state index in [9.17, 15) is 13.2 Å². The van der Waals surface area contributed by atoms with Gasteiger partial charge in [0, 0.05) is 35.6 Å². The number of ether oxygens (including phenoxy) is 3. The van der Waals surface area contributed by atoms with Crippen LogP contribution < -0.4 is 24.2 Å². The average molecular weight is 470 g/mol. The maximum Gasteiger partial charge on any atom is 0.262 e. The molecule has 0 spiro atoms. The number of sulfonamides is 1. The maximum absolute atomic E-state index is 12.7. The van der Waals surface area contributed by atoms with Gasteiger partial charge in [0.05, 0.1) is 11.5 Å². The molecule has 0 unspecified atom stereocenters. The van der Waals surface area contributed by atoms with Crippen molar-refractivity contribution in [2.75, 3.05) is 24.5 Å². The largest absolute Gasteiger partial charge is 0.486 e. The highest BCUT2D eigenvalue weighted by Gasteiger charge is 2.19. The third kappa shape index (κ3) is 5.35. The molecule has 0 saturated carbocycles. The van der Waals surface area contributed by atoms with Gasteiger partial charge in [0.1, 0.15) is 13.2 Å². The molecule has 4 rings (SSSR count). The van der Waals surface area contributed by atoms with Crippen LogP contribution in [0.4, 0.5) is 5.69 Å². The first-order valence-corrected chi connectivity index (χ1v) is 11.8. The molecular formula is C23H23N3O6S. The number of fused-ring (bicyclic) bond motifs is 1. The van der Waals surface area contributed by atoms with Crippen LogP contribution >= 0.6 is 0 Å².